The standard InChI is InChI=1S/C16H32N2O4/c1-16(2,3)22-15(19)18(9-12-20-4)8-7-17-13-14-5-10-21-11-6-14/h14,17H,5-13H2,1-4H3. The molecule has 1 amide bonds. The number of hydrogen-bond donors (Lipinski definition) is 1. The van der Waals surface area contributed by atoms with E-state index < -0.39 is 5.60 Å². The summed E-state index contributed by atoms with van der Waals surface area (Å²) in [5.74, 6) is 0.683. The zero-order valence-corrected chi connectivity index (χ0v) is 14.5. The summed E-state index contributed by atoms with van der Waals surface area (Å²) in [6.07, 6.45) is 1.95. The topological polar surface area (TPSA) is 60.0 Å². The van der Waals surface area contributed by atoms with E-state index in [9.17, 15) is 4.79 Å². The van der Waals surface area contributed by atoms with E-state index in [0.29, 0.717) is 25.6 Å². The summed E-state index contributed by atoms with van der Waals surface area (Å²) in [5, 5.41) is 3.43. The van der Waals surface area contributed by atoms with Gasteiger partial charge in [-0.05, 0) is 46.1 Å². The fourth-order valence-corrected chi connectivity index (χ4v) is 2.29. The highest BCUT2D eigenvalue weighted by atomic mass is 16.6. The van der Waals surface area contributed by atoms with E-state index in [2.05, 4.69) is 5.32 Å². The van der Waals surface area contributed by atoms with Crippen molar-refractivity contribution in [3.05, 3.63) is 0 Å². The molecule has 1 rings (SSSR count). The lowest BCUT2D eigenvalue weighted by molar-refractivity contribution is 0.0202. The van der Waals surface area contributed by atoms with Gasteiger partial charge in [-0.1, -0.05) is 0 Å². The zero-order chi connectivity index (χ0) is 16.4. The molecule has 1 saturated heterocycles. The van der Waals surface area contributed by atoms with E-state index in [1.165, 1.54) is 0 Å². The summed E-state index contributed by atoms with van der Waals surface area (Å²) in [4.78, 5) is 13.9. The molecule has 0 atom stereocenters. The SMILES string of the molecule is COCCN(CCNCC1CCOCC1)C(=O)OC(C)(C)C. The number of carbonyl (C=O) groups excluding carboxylic acids is 1. The van der Waals surface area contributed by atoms with Crippen molar-refractivity contribution in [3.8, 4) is 0 Å². The van der Waals surface area contributed by atoms with Crippen LogP contribution >= 0.6 is 0 Å². The van der Waals surface area contributed by atoms with Crippen LogP contribution in [0.3, 0.4) is 0 Å². The molecular weight excluding hydrogens is 284 g/mol. The van der Waals surface area contributed by atoms with Crippen LogP contribution < -0.4 is 5.32 Å². The Hall–Kier alpha value is -0.850. The van der Waals surface area contributed by atoms with Crippen molar-refractivity contribution in [2.75, 3.05) is 53.1 Å². The second-order valence-corrected chi connectivity index (χ2v) is 6.72. The molecule has 0 unspecified atom stereocenters. The number of hydrogen-bond acceptors (Lipinski definition) is 5. The molecule has 22 heavy (non-hydrogen) atoms. The highest BCUT2D eigenvalue weighted by Crippen LogP contribution is 2.13. The fraction of sp³-hybridized carbons (Fsp3) is 0.938. The van der Waals surface area contributed by atoms with Crippen molar-refractivity contribution in [2.45, 2.75) is 39.2 Å². The van der Waals surface area contributed by atoms with Crippen molar-refractivity contribution in [2.24, 2.45) is 5.92 Å². The average Bonchev–Trinajstić information content (AvgIpc) is 2.45. The highest BCUT2D eigenvalue weighted by Gasteiger charge is 2.21. The van der Waals surface area contributed by atoms with Gasteiger partial charge in [0.25, 0.3) is 0 Å². The summed E-state index contributed by atoms with van der Waals surface area (Å²) < 4.78 is 15.9. The Morgan fingerprint density at radius 3 is 2.55 bits per heavy atom. The molecule has 1 heterocycles. The maximum absolute atomic E-state index is 12.2. The number of rotatable bonds is 8. The van der Waals surface area contributed by atoms with Crippen molar-refractivity contribution in [1.29, 1.82) is 0 Å². The third kappa shape index (κ3) is 8.56. The van der Waals surface area contributed by atoms with Gasteiger partial charge in [0.1, 0.15) is 5.60 Å². The third-order valence-corrected chi connectivity index (χ3v) is 3.55. The molecule has 6 nitrogen and oxygen atoms in total. The predicted molar refractivity (Wildman–Crippen MR) is 86.1 cm³/mol. The summed E-state index contributed by atoms with van der Waals surface area (Å²) in [6, 6.07) is 0. The lowest BCUT2D eigenvalue weighted by Crippen LogP contribution is -2.42. The number of carbonyl (C=O) groups is 1. The molecule has 0 radical (unpaired) electrons. The molecule has 1 aliphatic rings. The van der Waals surface area contributed by atoms with Gasteiger partial charge in [0.05, 0.1) is 6.61 Å². The van der Waals surface area contributed by atoms with Crippen LogP contribution in [-0.2, 0) is 14.2 Å². The lowest BCUT2D eigenvalue weighted by atomic mass is 10.0. The maximum atomic E-state index is 12.2. The first-order chi connectivity index (χ1) is 10.4. The van der Waals surface area contributed by atoms with Crippen molar-refractivity contribution in [3.63, 3.8) is 0 Å². The molecule has 0 aliphatic carbocycles. The molecule has 130 valence electrons. The minimum atomic E-state index is -0.474. The second kappa shape index (κ2) is 10.0. The first-order valence-corrected chi connectivity index (χ1v) is 8.17. The van der Waals surface area contributed by atoms with Crippen LogP contribution in [0.4, 0.5) is 4.79 Å². The van der Waals surface area contributed by atoms with Gasteiger partial charge in [-0.25, -0.2) is 4.79 Å². The van der Waals surface area contributed by atoms with Crippen molar-refractivity contribution in [1.82, 2.24) is 10.2 Å². The number of amides is 1. The van der Waals surface area contributed by atoms with Crippen LogP contribution in [0.2, 0.25) is 0 Å². The van der Waals surface area contributed by atoms with Gasteiger partial charge >= 0.3 is 6.09 Å². The molecular formula is C16H32N2O4. The first kappa shape index (κ1) is 19.2. The molecule has 1 aliphatic heterocycles. The fourth-order valence-electron chi connectivity index (χ4n) is 2.29. The summed E-state index contributed by atoms with van der Waals surface area (Å²) >= 11 is 0. The molecule has 0 saturated carbocycles. The first-order valence-electron chi connectivity index (χ1n) is 8.17. The van der Waals surface area contributed by atoms with Crippen molar-refractivity contribution < 1.29 is 19.0 Å². The lowest BCUT2D eigenvalue weighted by Gasteiger charge is -2.28. The average molecular weight is 316 g/mol. The van der Waals surface area contributed by atoms with Crippen molar-refractivity contribution >= 4 is 6.09 Å². The largest absolute Gasteiger partial charge is 0.444 e. The Morgan fingerprint density at radius 1 is 1.27 bits per heavy atom. The highest BCUT2D eigenvalue weighted by molar-refractivity contribution is 5.68. The van der Waals surface area contributed by atoms with E-state index in [0.717, 1.165) is 39.1 Å². The Bertz CT molecular complexity index is 312. The molecule has 0 aromatic rings. The second-order valence-electron chi connectivity index (χ2n) is 6.72. The Morgan fingerprint density at radius 2 is 1.95 bits per heavy atom. The third-order valence-electron chi connectivity index (χ3n) is 3.55. The van der Waals surface area contributed by atoms with E-state index in [-0.39, 0.29) is 6.09 Å². The number of methoxy groups -OCH3 is 1. The Kier molecular flexibility index (Phi) is 8.75. The smallest absolute Gasteiger partial charge is 0.410 e. The van der Waals surface area contributed by atoms with Crippen LogP contribution in [0.25, 0.3) is 0 Å². The number of nitrogens with zero attached hydrogens (tertiary/aromatic N) is 1. The van der Waals surface area contributed by atoms with E-state index in [1.54, 1.807) is 12.0 Å². The van der Waals surface area contributed by atoms with Crippen LogP contribution in [0, 0.1) is 5.92 Å². The van der Waals surface area contributed by atoms with Gasteiger partial charge in [0.2, 0.25) is 0 Å². The molecule has 1 N–H and O–H groups in total. The quantitative estimate of drug-likeness (QED) is 0.693. The van der Waals surface area contributed by atoms with Gasteiger partial charge in [-0.3, -0.25) is 0 Å². The van der Waals surface area contributed by atoms with Gasteiger partial charge in [-0.2, -0.15) is 0 Å². The summed E-state index contributed by atoms with van der Waals surface area (Å²) in [5.41, 5.74) is -0.474. The minimum absolute atomic E-state index is 0.280. The van der Waals surface area contributed by atoms with Gasteiger partial charge in [-0.15, -0.1) is 0 Å². The predicted octanol–water partition coefficient (Wildman–Crippen LogP) is 1.89. The molecule has 0 bridgehead atoms. The normalized spacial score (nSPS) is 16.5. The maximum Gasteiger partial charge on any atom is 0.410 e. The van der Waals surface area contributed by atoms with Crippen LogP contribution in [0.15, 0.2) is 0 Å². The minimum Gasteiger partial charge on any atom is -0.444 e. The molecule has 1 fully saturated rings. The van der Waals surface area contributed by atoms with Gasteiger partial charge in [0, 0.05) is 40.0 Å². The van der Waals surface area contributed by atoms with Crippen LogP contribution in [-0.4, -0.2) is 69.7 Å². The number of ether oxygens (including phenoxy) is 3. The molecule has 0 aromatic carbocycles. The monoisotopic (exact) mass is 316 g/mol. The zero-order valence-electron chi connectivity index (χ0n) is 14.5. The molecule has 0 spiro atoms. The number of nitrogens with one attached hydrogen (secondary N) is 1. The van der Waals surface area contributed by atoms with E-state index in [4.69, 9.17) is 14.2 Å². The molecule has 0 aromatic heterocycles. The Balaban J connectivity index is 2.29. The molecule has 6 heteroatoms. The Labute approximate surface area is 134 Å². The van der Waals surface area contributed by atoms with Gasteiger partial charge < -0.3 is 24.4 Å². The van der Waals surface area contributed by atoms with E-state index >= 15 is 0 Å². The van der Waals surface area contributed by atoms with E-state index in [1.807, 2.05) is 20.8 Å². The summed E-state index contributed by atoms with van der Waals surface area (Å²) in [7, 11) is 1.64. The van der Waals surface area contributed by atoms with Crippen LogP contribution in [0.5, 0.6) is 0 Å². The summed E-state index contributed by atoms with van der Waals surface area (Å²) in [6.45, 7) is 10.8. The van der Waals surface area contributed by atoms with Crippen LogP contribution in [0.1, 0.15) is 33.6 Å². The van der Waals surface area contributed by atoms with Gasteiger partial charge in [0.15, 0.2) is 0 Å².